The maximum absolute atomic E-state index is 12.2. The molecule has 0 aliphatic carbocycles. The lowest BCUT2D eigenvalue weighted by Crippen LogP contribution is -2.34. The third-order valence-electron chi connectivity index (χ3n) is 2.95. The second-order valence-corrected chi connectivity index (χ2v) is 5.98. The van der Waals surface area contributed by atoms with Crippen LogP contribution < -0.4 is 5.32 Å². The molecule has 1 atom stereocenters. The number of hydrogen-bond acceptors (Lipinski definition) is 1. The van der Waals surface area contributed by atoms with Crippen molar-refractivity contribution in [3.63, 3.8) is 0 Å². The molecule has 0 spiro atoms. The first-order valence-electron chi connectivity index (χ1n) is 6.36. The summed E-state index contributed by atoms with van der Waals surface area (Å²) in [5.41, 5.74) is 1.80. The molecule has 1 amide bonds. The average molecular weight is 353 g/mol. The van der Waals surface area contributed by atoms with Gasteiger partial charge in [-0.15, -0.1) is 0 Å². The minimum Gasteiger partial charge on any atom is -0.349 e. The second-order valence-electron chi connectivity index (χ2n) is 4.68. The van der Waals surface area contributed by atoms with Gasteiger partial charge < -0.3 is 5.32 Å². The van der Waals surface area contributed by atoms with Gasteiger partial charge in [-0.2, -0.15) is 0 Å². The highest BCUT2D eigenvalue weighted by molar-refractivity contribution is 9.10. The molecule has 20 heavy (non-hydrogen) atoms. The van der Waals surface area contributed by atoms with Crippen molar-refractivity contribution in [1.29, 1.82) is 0 Å². The van der Waals surface area contributed by atoms with Gasteiger partial charge >= 0.3 is 0 Å². The number of rotatable bonds is 4. The van der Waals surface area contributed by atoms with Gasteiger partial charge in [0, 0.05) is 15.5 Å². The topological polar surface area (TPSA) is 29.1 Å². The van der Waals surface area contributed by atoms with E-state index in [1.165, 1.54) is 0 Å². The van der Waals surface area contributed by atoms with E-state index >= 15 is 0 Å². The number of nitrogens with one attached hydrogen (secondary N) is 1. The first-order valence-corrected chi connectivity index (χ1v) is 7.53. The van der Waals surface area contributed by atoms with Crippen molar-refractivity contribution >= 4 is 33.4 Å². The predicted octanol–water partition coefficient (Wildman–Crippen LogP) is 4.46. The van der Waals surface area contributed by atoms with Crippen LogP contribution >= 0.6 is 27.5 Å². The van der Waals surface area contributed by atoms with Crippen LogP contribution in [0.4, 0.5) is 0 Å². The van der Waals surface area contributed by atoms with E-state index < -0.39 is 0 Å². The summed E-state index contributed by atoms with van der Waals surface area (Å²) >= 11 is 9.24. The van der Waals surface area contributed by atoms with Crippen LogP contribution in [0.3, 0.4) is 0 Å². The molecule has 4 heteroatoms. The Morgan fingerprint density at radius 1 is 1.20 bits per heavy atom. The maximum atomic E-state index is 12.2. The zero-order chi connectivity index (χ0) is 14.5. The van der Waals surface area contributed by atoms with Gasteiger partial charge in [0.1, 0.15) is 0 Å². The summed E-state index contributed by atoms with van der Waals surface area (Å²) in [6.07, 6.45) is 0.771. The van der Waals surface area contributed by atoms with Crippen LogP contribution in [0.1, 0.15) is 22.8 Å². The normalized spacial score (nSPS) is 11.9. The fraction of sp³-hybridized carbons (Fsp3) is 0.188. The van der Waals surface area contributed by atoms with Crippen molar-refractivity contribution in [2.75, 3.05) is 0 Å². The molecule has 0 saturated heterocycles. The lowest BCUT2D eigenvalue weighted by atomic mass is 10.1. The Morgan fingerprint density at radius 2 is 1.85 bits per heavy atom. The summed E-state index contributed by atoms with van der Waals surface area (Å²) in [4.78, 5) is 12.2. The Labute approximate surface area is 132 Å². The van der Waals surface area contributed by atoms with Crippen LogP contribution in [0.2, 0.25) is 5.02 Å². The van der Waals surface area contributed by atoms with Crippen molar-refractivity contribution < 1.29 is 4.79 Å². The fourth-order valence-electron chi connectivity index (χ4n) is 1.97. The molecule has 104 valence electrons. The zero-order valence-corrected chi connectivity index (χ0v) is 13.4. The van der Waals surface area contributed by atoms with E-state index in [1.807, 2.05) is 49.4 Å². The molecule has 0 heterocycles. The number of halogens is 2. The molecule has 1 unspecified atom stereocenters. The van der Waals surface area contributed by atoms with Gasteiger partial charge in [0.25, 0.3) is 5.91 Å². The van der Waals surface area contributed by atoms with E-state index in [9.17, 15) is 4.79 Å². The Hall–Kier alpha value is -1.32. The lowest BCUT2D eigenvalue weighted by molar-refractivity contribution is 0.0939. The molecular formula is C16H15BrClNO. The molecule has 0 radical (unpaired) electrons. The number of carbonyl (C=O) groups excluding carboxylic acids is 1. The summed E-state index contributed by atoms with van der Waals surface area (Å²) in [5.74, 6) is -0.0704. The number of amides is 1. The number of benzene rings is 2. The molecule has 0 fully saturated rings. The third-order valence-corrected chi connectivity index (χ3v) is 3.89. The van der Waals surface area contributed by atoms with Crippen LogP contribution in [-0.2, 0) is 6.42 Å². The smallest absolute Gasteiger partial charge is 0.252 e. The average Bonchev–Trinajstić information content (AvgIpc) is 2.41. The van der Waals surface area contributed by atoms with Crippen molar-refractivity contribution in [2.24, 2.45) is 0 Å². The first-order chi connectivity index (χ1) is 9.56. The van der Waals surface area contributed by atoms with E-state index in [0.717, 1.165) is 21.5 Å². The highest BCUT2D eigenvalue weighted by Crippen LogP contribution is 2.16. The van der Waals surface area contributed by atoms with Crippen LogP contribution in [0.15, 0.2) is 53.0 Å². The summed E-state index contributed by atoms with van der Waals surface area (Å²) < 4.78 is 0.802. The number of hydrogen-bond donors (Lipinski definition) is 1. The van der Waals surface area contributed by atoms with Crippen LogP contribution in [0.5, 0.6) is 0 Å². The Morgan fingerprint density at radius 3 is 2.50 bits per heavy atom. The summed E-state index contributed by atoms with van der Waals surface area (Å²) in [7, 11) is 0. The van der Waals surface area contributed by atoms with Crippen molar-refractivity contribution in [3.05, 3.63) is 69.2 Å². The maximum Gasteiger partial charge on any atom is 0.252 e. The first kappa shape index (κ1) is 15.1. The molecule has 1 N–H and O–H groups in total. The quantitative estimate of drug-likeness (QED) is 0.864. The SMILES string of the molecule is CC(Cc1ccc(Cl)cc1)NC(=O)c1ccccc1Br. The van der Waals surface area contributed by atoms with Gasteiger partial charge in [-0.05, 0) is 59.1 Å². The highest BCUT2D eigenvalue weighted by Gasteiger charge is 2.12. The lowest BCUT2D eigenvalue weighted by Gasteiger charge is -2.14. The van der Waals surface area contributed by atoms with Gasteiger partial charge in [0.2, 0.25) is 0 Å². The summed E-state index contributed by atoms with van der Waals surface area (Å²) in [5, 5.41) is 3.72. The molecular weight excluding hydrogens is 338 g/mol. The van der Waals surface area contributed by atoms with E-state index in [4.69, 9.17) is 11.6 Å². The van der Waals surface area contributed by atoms with E-state index in [-0.39, 0.29) is 11.9 Å². The molecule has 2 nitrogen and oxygen atoms in total. The monoisotopic (exact) mass is 351 g/mol. The minimum atomic E-state index is -0.0704. The van der Waals surface area contributed by atoms with E-state index in [2.05, 4.69) is 21.2 Å². The van der Waals surface area contributed by atoms with Crippen LogP contribution in [-0.4, -0.2) is 11.9 Å². The largest absolute Gasteiger partial charge is 0.349 e. The fourth-order valence-corrected chi connectivity index (χ4v) is 2.56. The molecule has 2 rings (SSSR count). The Balaban J connectivity index is 1.98. The molecule has 0 saturated carbocycles. The minimum absolute atomic E-state index is 0.0516. The zero-order valence-electron chi connectivity index (χ0n) is 11.1. The standard InChI is InChI=1S/C16H15BrClNO/c1-11(10-12-6-8-13(18)9-7-12)19-16(20)14-4-2-3-5-15(14)17/h2-9,11H,10H2,1H3,(H,19,20). The van der Waals surface area contributed by atoms with Gasteiger partial charge in [-0.3, -0.25) is 4.79 Å². The third kappa shape index (κ3) is 4.09. The molecule has 0 aliphatic rings. The van der Waals surface area contributed by atoms with Crippen LogP contribution in [0, 0.1) is 0 Å². The Kier molecular flexibility index (Phi) is 5.21. The highest BCUT2D eigenvalue weighted by atomic mass is 79.9. The molecule has 0 aliphatic heterocycles. The van der Waals surface area contributed by atoms with Crippen molar-refractivity contribution in [1.82, 2.24) is 5.32 Å². The summed E-state index contributed by atoms with van der Waals surface area (Å²) in [6, 6.07) is 15.1. The van der Waals surface area contributed by atoms with Gasteiger partial charge in [0.15, 0.2) is 0 Å². The molecule has 0 bridgehead atoms. The van der Waals surface area contributed by atoms with Crippen molar-refractivity contribution in [2.45, 2.75) is 19.4 Å². The van der Waals surface area contributed by atoms with E-state index in [0.29, 0.717) is 5.56 Å². The van der Waals surface area contributed by atoms with Crippen LogP contribution in [0.25, 0.3) is 0 Å². The van der Waals surface area contributed by atoms with E-state index in [1.54, 1.807) is 6.07 Å². The number of carbonyl (C=O) groups is 1. The van der Waals surface area contributed by atoms with Gasteiger partial charge in [0.05, 0.1) is 5.56 Å². The molecule has 0 aromatic heterocycles. The second kappa shape index (κ2) is 6.91. The van der Waals surface area contributed by atoms with Gasteiger partial charge in [-0.25, -0.2) is 0 Å². The molecule has 2 aromatic rings. The summed E-state index contributed by atoms with van der Waals surface area (Å²) in [6.45, 7) is 1.99. The van der Waals surface area contributed by atoms with Crippen molar-refractivity contribution in [3.8, 4) is 0 Å². The predicted molar refractivity (Wildman–Crippen MR) is 86.2 cm³/mol. The van der Waals surface area contributed by atoms with Gasteiger partial charge in [-0.1, -0.05) is 35.9 Å². The molecule has 2 aromatic carbocycles. The Bertz CT molecular complexity index is 598.